The highest BCUT2D eigenvalue weighted by atomic mass is 35.5. The van der Waals surface area contributed by atoms with Gasteiger partial charge in [-0.15, -0.1) is 0 Å². The third kappa shape index (κ3) is 19.0. The fraction of sp³-hybridized carbons (Fsp3) is 0. The summed E-state index contributed by atoms with van der Waals surface area (Å²) in [5, 5.41) is 44.2. The lowest BCUT2D eigenvalue weighted by atomic mass is 9.95. The van der Waals surface area contributed by atoms with Gasteiger partial charge in [-0.25, -0.2) is 0 Å². The molecule has 0 fully saturated rings. The molecule has 4 aliphatic carbocycles. The Morgan fingerprint density at radius 2 is 0.139 bits per heavy atom. The molecule has 0 heterocycles. The van der Waals surface area contributed by atoms with Crippen LogP contribution in [-0.2, 0) is 38.4 Å². The summed E-state index contributed by atoms with van der Waals surface area (Å²) in [5.41, 5.74) is 0. The molecule has 24 aromatic carbocycles. The van der Waals surface area contributed by atoms with Crippen molar-refractivity contribution in [2.45, 2.75) is 0 Å². The molecule has 24 aromatic rings. The molecule has 4 aliphatic rings. The van der Waals surface area contributed by atoms with E-state index in [4.69, 9.17) is 186 Å². The number of ketones is 8. The van der Waals surface area contributed by atoms with E-state index in [1.807, 2.05) is 0 Å². The van der Waals surface area contributed by atoms with E-state index in [1.165, 1.54) is 194 Å². The maximum absolute atomic E-state index is 10.9. The first-order valence-corrected chi connectivity index (χ1v) is 50.1. The molecule has 0 aliphatic heterocycles. The number of benzene rings is 24. The molecule has 0 saturated heterocycles. The summed E-state index contributed by atoms with van der Waals surface area (Å²) in [6, 6.07) is 131. The lowest BCUT2D eigenvalue weighted by Crippen LogP contribution is -2.19. The van der Waals surface area contributed by atoms with E-state index in [1.54, 1.807) is 0 Å². The smallest absolute Gasteiger partial charge is 0.247 e. The van der Waals surface area contributed by atoms with E-state index in [2.05, 4.69) is 364 Å². The van der Waals surface area contributed by atoms with Crippen molar-refractivity contribution in [1.82, 2.24) is 0 Å². The van der Waals surface area contributed by atoms with Crippen LogP contribution in [0.25, 0.3) is 194 Å². The Labute approximate surface area is 899 Å². The molecule has 0 amide bonds. The van der Waals surface area contributed by atoms with Gasteiger partial charge in [0, 0.05) is 0 Å². The van der Waals surface area contributed by atoms with Crippen LogP contribution >= 0.6 is 186 Å². The molecule has 0 bridgehead atoms. The Balaban J connectivity index is 0.000000102. The lowest BCUT2D eigenvalue weighted by molar-refractivity contribution is -0.131. The summed E-state index contributed by atoms with van der Waals surface area (Å²) >= 11 is 86.8. The highest BCUT2D eigenvalue weighted by molar-refractivity contribution is 6.76. The monoisotopic (exact) mass is 2190 g/mol. The van der Waals surface area contributed by atoms with Crippen LogP contribution in [-0.4, -0.2) is 46.3 Å². The Hall–Kier alpha value is -12.6. The van der Waals surface area contributed by atoms with Crippen LogP contribution in [0, 0.1) is 0 Å². The average Bonchev–Trinajstić information content (AvgIpc) is 0.766. The first-order chi connectivity index (χ1) is 69.5. The molecule has 144 heavy (non-hydrogen) atoms. The third-order valence-electron chi connectivity index (χ3n) is 25.1. The molecule has 0 spiro atoms. The second kappa shape index (κ2) is 42.2. The fourth-order valence-electron chi connectivity index (χ4n) is 18.4. The van der Waals surface area contributed by atoms with Gasteiger partial charge in [-0.2, -0.15) is 0 Å². The number of rotatable bonds is 0. The second-order valence-corrected chi connectivity index (χ2v) is 39.4. The van der Waals surface area contributed by atoms with E-state index in [9.17, 15) is 38.4 Å². The van der Waals surface area contributed by atoms with E-state index in [0.717, 1.165) is 0 Å². The first-order valence-electron chi connectivity index (χ1n) is 44.0. The van der Waals surface area contributed by atoms with Crippen LogP contribution in [0.5, 0.6) is 0 Å². The highest BCUT2D eigenvalue weighted by Crippen LogP contribution is 2.45. The Kier molecular flexibility index (Phi) is 29.4. The van der Waals surface area contributed by atoms with E-state index in [-0.39, 0.29) is 40.3 Å². The van der Waals surface area contributed by atoms with Crippen molar-refractivity contribution in [2.75, 3.05) is 0 Å². The molecule has 0 N–H and O–H groups in total. The fourth-order valence-corrected chi connectivity index (χ4v) is 21.7. The average molecular weight is 2200 g/mol. The zero-order chi connectivity index (χ0) is 101. The topological polar surface area (TPSA) is 137 Å². The minimum Gasteiger partial charge on any atom is -0.284 e. The van der Waals surface area contributed by atoms with Crippen molar-refractivity contribution in [3.8, 4) is 0 Å². The van der Waals surface area contributed by atoms with Crippen molar-refractivity contribution < 1.29 is 38.4 Å². The lowest BCUT2D eigenvalue weighted by Gasteiger charge is -2.09. The van der Waals surface area contributed by atoms with E-state index >= 15 is 0 Å². The summed E-state index contributed by atoms with van der Waals surface area (Å²) in [6.45, 7) is 0. The van der Waals surface area contributed by atoms with Crippen molar-refractivity contribution in [1.29, 1.82) is 0 Å². The molecule has 0 saturated carbocycles. The Bertz CT molecular complexity index is 7460. The minimum atomic E-state index is -0.934. The first kappa shape index (κ1) is 100. The predicted octanol–water partition coefficient (Wildman–Crippen LogP) is 37.6. The van der Waals surface area contributed by atoms with Crippen molar-refractivity contribution in [3.63, 3.8) is 0 Å². The molecule has 24 heteroatoms. The SMILES string of the molecule is O=C1C(=O)C(Cl)=C(Cl)C(Cl)=C1Cl.O=C1C(=O)C(Cl)=C(Cl)C(Cl)=C1Cl.O=C1C(=O)C(Cl)=C(Cl)C(Cl)=C1Cl.O=C1C(=O)C(Cl)=C(Cl)C(Cl)=C1Cl.c1cc2ccc3cccc4ccc(c1)c2c34.c1cc2ccc3cccc4ccc(c1)c2c34.c1cc2ccc3cccc4ccc(c1)c2c34.c1cc2ccc3cccc4ccc(c1)c2c34.c1cc2ccc3cccc4ccc(c1)c2c34.c1cc2ccc3cccc4ccc(c1)c2c34. The number of hydrogen-bond donors (Lipinski definition) is 0. The molecule has 0 aromatic heterocycles. The second-order valence-electron chi connectivity index (χ2n) is 33.4. The standard InChI is InChI=1S/6C16H10.4C6Cl4O2/c6*1-3-11-7-9-13-5-2-6-14-10-8-12(4-1)15(11)16(13)14;4*7-1-2(8)4(10)6(12)5(11)3(1)9/h6*1-10H;;;;. The summed E-state index contributed by atoms with van der Waals surface area (Å²) in [7, 11) is 0. The molecular formula is C120H60Cl16O8. The van der Waals surface area contributed by atoms with Gasteiger partial charge in [-0.1, -0.05) is 550 Å². The number of Topliss-reactive ketones (excluding diaryl/α,β-unsaturated/α-hetero) is 8. The van der Waals surface area contributed by atoms with Crippen LogP contribution in [0.4, 0.5) is 0 Å². The summed E-state index contributed by atoms with van der Waals surface area (Å²) in [6.07, 6.45) is 0. The van der Waals surface area contributed by atoms with Crippen LogP contribution < -0.4 is 0 Å². The zero-order valence-electron chi connectivity index (χ0n) is 74.0. The maximum atomic E-state index is 10.9. The van der Waals surface area contributed by atoms with Gasteiger partial charge in [0.25, 0.3) is 0 Å². The van der Waals surface area contributed by atoms with Gasteiger partial charge in [0.1, 0.15) is 40.3 Å². The number of hydrogen-bond acceptors (Lipinski definition) is 8. The highest BCUT2D eigenvalue weighted by Gasteiger charge is 2.36. The largest absolute Gasteiger partial charge is 0.284 e. The van der Waals surface area contributed by atoms with Crippen LogP contribution in [0.1, 0.15) is 0 Å². The molecular weight excluding hydrogens is 2140 g/mol. The number of carbonyl (C=O) groups excluding carboxylic acids is 8. The Morgan fingerprint density at radius 3 is 0.194 bits per heavy atom. The Morgan fingerprint density at radius 1 is 0.0833 bits per heavy atom. The van der Waals surface area contributed by atoms with Crippen LogP contribution in [0.3, 0.4) is 0 Å². The zero-order valence-corrected chi connectivity index (χ0v) is 86.0. The summed E-state index contributed by atoms with van der Waals surface area (Å²) in [4.78, 5) is 87.1. The molecule has 700 valence electrons. The van der Waals surface area contributed by atoms with Crippen molar-refractivity contribution >= 4 is 426 Å². The van der Waals surface area contributed by atoms with Gasteiger partial charge in [-0.05, 0) is 194 Å². The quantitative estimate of drug-likeness (QED) is 0.0832. The van der Waals surface area contributed by atoms with Crippen molar-refractivity contribution in [3.05, 3.63) is 444 Å². The van der Waals surface area contributed by atoms with Gasteiger partial charge in [-0.3, -0.25) is 38.4 Å². The van der Waals surface area contributed by atoms with E-state index < -0.39 is 86.5 Å². The number of carbonyl (C=O) groups is 8. The van der Waals surface area contributed by atoms with Gasteiger partial charge in [0.15, 0.2) is 0 Å². The minimum absolute atomic E-state index is 0.187. The molecule has 0 unspecified atom stereocenters. The van der Waals surface area contributed by atoms with Crippen LogP contribution in [0.15, 0.2) is 444 Å². The number of halogens is 16. The molecule has 0 atom stereocenters. The van der Waals surface area contributed by atoms with Gasteiger partial charge in [0.2, 0.25) is 46.3 Å². The van der Waals surface area contributed by atoms with Crippen molar-refractivity contribution in [2.24, 2.45) is 0 Å². The van der Waals surface area contributed by atoms with Crippen LogP contribution in [0.2, 0.25) is 0 Å². The predicted molar refractivity (Wildman–Crippen MR) is 611 cm³/mol. The normalized spacial score (nSPS) is 14.3. The van der Waals surface area contributed by atoms with Gasteiger partial charge < -0.3 is 0 Å². The van der Waals surface area contributed by atoms with Gasteiger partial charge in [0.05, 0.1) is 40.3 Å². The van der Waals surface area contributed by atoms with E-state index in [0.29, 0.717) is 0 Å². The van der Waals surface area contributed by atoms with Gasteiger partial charge >= 0.3 is 0 Å². The molecule has 8 nitrogen and oxygen atoms in total. The summed E-state index contributed by atoms with van der Waals surface area (Å²) < 4.78 is 0. The maximum Gasteiger partial charge on any atom is 0.247 e. The number of allylic oxidation sites excluding steroid dienone is 16. The third-order valence-corrected chi connectivity index (χ3v) is 32.2. The molecule has 0 radical (unpaired) electrons. The molecule has 28 rings (SSSR count). The summed E-state index contributed by atoms with van der Waals surface area (Å²) in [5.74, 6) is -7.47.